The first kappa shape index (κ1) is 34.1. The summed E-state index contributed by atoms with van der Waals surface area (Å²) in [5, 5.41) is 22.0. The second-order valence-corrected chi connectivity index (χ2v) is 14.5. The third kappa shape index (κ3) is 5.75. The highest BCUT2D eigenvalue weighted by molar-refractivity contribution is 6.36. The highest BCUT2D eigenvalue weighted by Gasteiger charge is 2.49. The van der Waals surface area contributed by atoms with Crippen LogP contribution in [0.3, 0.4) is 0 Å². The molecule has 2 saturated heterocycles. The Bertz CT molecular complexity index is 2310. The number of amides is 2. The predicted octanol–water partition coefficient (Wildman–Crippen LogP) is 5.53. The van der Waals surface area contributed by atoms with Gasteiger partial charge in [-0.25, -0.2) is 19.4 Å². The van der Waals surface area contributed by atoms with E-state index in [0.29, 0.717) is 35.2 Å². The van der Waals surface area contributed by atoms with Crippen molar-refractivity contribution in [1.82, 2.24) is 34.9 Å². The van der Waals surface area contributed by atoms with Crippen molar-refractivity contribution in [2.75, 3.05) is 45.2 Å². The molecule has 5 heterocycles. The van der Waals surface area contributed by atoms with Gasteiger partial charge < -0.3 is 25.4 Å². The molecule has 0 saturated carbocycles. The first-order valence-corrected chi connectivity index (χ1v) is 18.0. The topological polar surface area (TPSA) is 138 Å². The van der Waals surface area contributed by atoms with Crippen molar-refractivity contribution in [1.29, 1.82) is 0 Å². The lowest BCUT2D eigenvalue weighted by Crippen LogP contribution is -2.46. The van der Waals surface area contributed by atoms with Gasteiger partial charge in [0.05, 0.1) is 41.6 Å². The summed E-state index contributed by atoms with van der Waals surface area (Å²) in [7, 11) is 3.29. The van der Waals surface area contributed by atoms with Gasteiger partial charge in [-0.1, -0.05) is 41.9 Å². The lowest BCUT2D eigenvalue weighted by molar-refractivity contribution is 0.193. The lowest BCUT2D eigenvalue weighted by atomic mass is 9.96. The molecule has 2 aliphatic heterocycles. The fraction of sp³-hybridized carbons (Fsp3) is 0.359. The zero-order valence-electron chi connectivity index (χ0n) is 29.7. The Labute approximate surface area is 306 Å². The number of halogens is 1. The van der Waals surface area contributed by atoms with Crippen LogP contribution in [0, 0.1) is 13.8 Å². The molecular formula is C39H41ClN8O4. The monoisotopic (exact) mass is 720 g/mol. The molecule has 3 N–H and O–H groups in total. The Hall–Kier alpha value is -5.04. The average molecular weight is 721 g/mol. The molecule has 0 radical (unpaired) electrons. The number of pyridine rings is 2. The minimum atomic E-state index is -0.312. The predicted molar refractivity (Wildman–Crippen MR) is 201 cm³/mol. The number of nitrogens with one attached hydrogen (secondary N) is 2. The van der Waals surface area contributed by atoms with Crippen LogP contribution in [0.15, 0.2) is 59.5 Å². The number of urea groups is 1. The molecule has 1 spiro atoms. The van der Waals surface area contributed by atoms with Crippen LogP contribution in [-0.2, 0) is 13.5 Å². The van der Waals surface area contributed by atoms with Crippen molar-refractivity contribution in [2.24, 2.45) is 7.05 Å². The number of aliphatic hydroxyl groups excluding tert-OH is 1. The fourth-order valence-electron chi connectivity index (χ4n) is 8.33. The van der Waals surface area contributed by atoms with E-state index in [4.69, 9.17) is 26.3 Å². The first-order valence-electron chi connectivity index (χ1n) is 17.6. The lowest BCUT2D eigenvalue weighted by Gasteiger charge is -2.28. The molecule has 8 rings (SSSR count). The Morgan fingerprint density at radius 3 is 2.67 bits per heavy atom. The summed E-state index contributed by atoms with van der Waals surface area (Å²) < 4.78 is 7.28. The number of benzene rings is 2. The number of methoxy groups -OCH3 is 1. The number of carbonyl (C=O) groups excluding carboxylic acids is 1. The third-order valence-corrected chi connectivity index (χ3v) is 11.3. The van der Waals surface area contributed by atoms with Crippen molar-refractivity contribution < 1.29 is 14.6 Å². The van der Waals surface area contributed by atoms with E-state index < -0.39 is 0 Å². The van der Waals surface area contributed by atoms with E-state index in [1.807, 2.05) is 56.3 Å². The van der Waals surface area contributed by atoms with E-state index in [2.05, 4.69) is 26.7 Å². The number of aliphatic hydroxyl groups is 1. The molecule has 0 unspecified atom stereocenters. The number of carbonyl (C=O) groups is 1. The summed E-state index contributed by atoms with van der Waals surface area (Å²) >= 11 is 7.27. The van der Waals surface area contributed by atoms with Gasteiger partial charge in [-0.05, 0) is 68.0 Å². The van der Waals surface area contributed by atoms with Gasteiger partial charge in [-0.2, -0.15) is 5.10 Å². The molecule has 2 amide bonds. The molecule has 0 bridgehead atoms. The van der Waals surface area contributed by atoms with E-state index >= 15 is 0 Å². The zero-order valence-corrected chi connectivity index (χ0v) is 30.4. The summed E-state index contributed by atoms with van der Waals surface area (Å²) in [4.78, 5) is 39.6. The number of likely N-dealkylation sites (tertiary alicyclic amines) is 1. The van der Waals surface area contributed by atoms with Crippen LogP contribution in [0.2, 0.25) is 5.02 Å². The number of rotatable bonds is 8. The summed E-state index contributed by atoms with van der Waals surface area (Å²) in [6, 6.07) is 16.0. The molecule has 3 aliphatic rings. The number of fused-ring (bicyclic) bond motifs is 2. The van der Waals surface area contributed by atoms with Gasteiger partial charge in [0.2, 0.25) is 5.88 Å². The summed E-state index contributed by atoms with van der Waals surface area (Å²) in [6.07, 6.45) is 4.34. The van der Waals surface area contributed by atoms with Crippen LogP contribution in [0.25, 0.3) is 33.2 Å². The van der Waals surface area contributed by atoms with Crippen molar-refractivity contribution >= 4 is 39.9 Å². The van der Waals surface area contributed by atoms with Gasteiger partial charge in [0.25, 0.3) is 5.56 Å². The second kappa shape index (κ2) is 13.2. The summed E-state index contributed by atoms with van der Waals surface area (Å²) in [5.74, 6) is 1.07. The maximum atomic E-state index is 13.1. The summed E-state index contributed by atoms with van der Waals surface area (Å²) in [6.45, 7) is 6.41. The van der Waals surface area contributed by atoms with E-state index in [0.717, 1.165) is 82.6 Å². The molecule has 5 aromatic rings. The molecule has 268 valence electrons. The molecule has 3 aromatic heterocycles. The Morgan fingerprint density at radius 2 is 1.87 bits per heavy atom. The molecule has 12 nitrogen and oxygen atoms in total. The standard InChI is InChI=1S/C39H41ClN8O4/c1-22-17-25-19-41-46(3)37(50)33(25)35(42-22)43-29-10-6-7-26(23(29)2)27-8-5-9-28(34(27)40)30-18-24-11-12-31(32(24)36(44-30)52-4)47-14-13-39(20-47)21-48(15-16-49)38(51)45-39/h5-10,17-19,31,49H,11-16,20-21H2,1-4H3,(H,42,43)(H,45,51)/t31-,39+/m0/s1. The van der Waals surface area contributed by atoms with Gasteiger partial charge in [0, 0.05) is 72.7 Å². The highest BCUT2D eigenvalue weighted by atomic mass is 35.5. The molecular weight excluding hydrogens is 680 g/mol. The quantitative estimate of drug-likeness (QED) is 0.189. The molecule has 1 aliphatic carbocycles. The second-order valence-electron chi connectivity index (χ2n) is 14.1. The third-order valence-electron chi connectivity index (χ3n) is 10.9. The van der Waals surface area contributed by atoms with Crippen LogP contribution in [0.4, 0.5) is 16.3 Å². The first-order chi connectivity index (χ1) is 25.1. The SMILES string of the molecule is COc1nc(-c2cccc(-c3cccc(Nc4nc(C)cc5cnn(C)c(=O)c45)c3C)c2Cl)cc2c1[C@@H](N1CC[C@]3(CN(CCO)C(=O)N3)C1)CC2. The van der Waals surface area contributed by atoms with Crippen LogP contribution in [-0.4, -0.2) is 86.1 Å². The number of aromatic nitrogens is 4. The largest absolute Gasteiger partial charge is 0.481 e. The van der Waals surface area contributed by atoms with Gasteiger partial charge in [-0.15, -0.1) is 0 Å². The van der Waals surface area contributed by atoms with E-state index in [1.54, 1.807) is 25.3 Å². The van der Waals surface area contributed by atoms with Crippen molar-refractivity contribution in [3.8, 4) is 28.3 Å². The number of aryl methyl sites for hydroxylation is 3. The normalized spacial score (nSPS) is 19.8. The number of β-amino-alcohol motifs (C(OH)–C–C–N with tert-alkyl or cyclic N) is 1. The van der Waals surface area contributed by atoms with E-state index in [-0.39, 0.29) is 29.8 Å². The van der Waals surface area contributed by atoms with Gasteiger partial charge in [0.1, 0.15) is 5.82 Å². The number of anilines is 2. The maximum absolute atomic E-state index is 13.1. The number of nitrogens with zero attached hydrogens (tertiary/aromatic N) is 6. The number of ether oxygens (including phenoxy) is 1. The molecule has 52 heavy (non-hydrogen) atoms. The minimum Gasteiger partial charge on any atom is -0.481 e. The zero-order chi connectivity index (χ0) is 36.3. The van der Waals surface area contributed by atoms with Crippen LogP contribution in [0.1, 0.15) is 41.3 Å². The molecule has 2 atom stereocenters. The van der Waals surface area contributed by atoms with Crippen molar-refractivity contribution in [3.05, 3.63) is 92.5 Å². The van der Waals surface area contributed by atoms with Crippen molar-refractivity contribution in [2.45, 2.75) is 44.7 Å². The molecule has 13 heteroatoms. The molecule has 2 aromatic carbocycles. The minimum absolute atomic E-state index is 0.0462. The summed E-state index contributed by atoms with van der Waals surface area (Å²) in [5.41, 5.74) is 7.64. The van der Waals surface area contributed by atoms with Crippen LogP contribution in [0.5, 0.6) is 5.88 Å². The van der Waals surface area contributed by atoms with Gasteiger partial charge in [0.15, 0.2) is 0 Å². The van der Waals surface area contributed by atoms with Gasteiger partial charge >= 0.3 is 6.03 Å². The van der Waals surface area contributed by atoms with Crippen LogP contribution >= 0.6 is 11.6 Å². The maximum Gasteiger partial charge on any atom is 0.318 e. The Kier molecular flexibility index (Phi) is 8.63. The van der Waals surface area contributed by atoms with Gasteiger partial charge in [-0.3, -0.25) is 9.69 Å². The average Bonchev–Trinajstić information content (AvgIpc) is 3.83. The van der Waals surface area contributed by atoms with E-state index in [1.165, 1.54) is 10.2 Å². The van der Waals surface area contributed by atoms with Crippen LogP contribution < -0.4 is 20.9 Å². The smallest absolute Gasteiger partial charge is 0.318 e. The highest BCUT2D eigenvalue weighted by Crippen LogP contribution is 2.46. The number of hydrogen-bond donors (Lipinski definition) is 3. The fourth-order valence-corrected chi connectivity index (χ4v) is 8.66. The number of hydrogen-bond acceptors (Lipinski definition) is 9. The Morgan fingerprint density at radius 1 is 1.08 bits per heavy atom. The Balaban J connectivity index is 1.10. The molecule has 2 fully saturated rings. The van der Waals surface area contributed by atoms with E-state index in [9.17, 15) is 14.7 Å². The van der Waals surface area contributed by atoms with Crippen molar-refractivity contribution in [3.63, 3.8) is 0 Å².